The van der Waals surface area contributed by atoms with Gasteiger partial charge in [-0.3, -0.25) is 0 Å². The van der Waals surface area contributed by atoms with Crippen LogP contribution in [0.1, 0.15) is 26.2 Å². The Bertz CT molecular complexity index is 346. The summed E-state index contributed by atoms with van der Waals surface area (Å²) < 4.78 is 5.69. The summed E-state index contributed by atoms with van der Waals surface area (Å²) in [5.41, 5.74) is 3.37. The summed E-state index contributed by atoms with van der Waals surface area (Å²) in [4.78, 5) is 0. The molecule has 0 saturated heterocycles. The van der Waals surface area contributed by atoms with Gasteiger partial charge in [0.1, 0.15) is 0 Å². The van der Waals surface area contributed by atoms with E-state index < -0.39 is 0 Å². The van der Waals surface area contributed by atoms with Crippen molar-refractivity contribution in [2.24, 2.45) is 0 Å². The molecule has 1 aliphatic heterocycles. The van der Waals surface area contributed by atoms with Crippen LogP contribution in [0.15, 0.2) is 20.1 Å². The second-order valence-corrected chi connectivity index (χ2v) is 10.5. The molecule has 0 N–H and O–H groups in total. The Morgan fingerprint density at radius 3 is 2.71 bits per heavy atom. The molecule has 1 aliphatic carbocycles. The molecule has 0 unspecified atom stereocenters. The number of hydrogen-bond acceptors (Lipinski definition) is 0. The third-order valence-corrected chi connectivity index (χ3v) is 10.6. The van der Waals surface area contributed by atoms with E-state index in [1.165, 1.54) is 19.3 Å². The Hall–Kier alpha value is 0.189. The van der Waals surface area contributed by atoms with E-state index in [-0.39, 0.29) is 0 Å². The topological polar surface area (TPSA) is 3.01 Å². The maximum atomic E-state index is 2.35. The first-order valence-electron chi connectivity index (χ1n) is 4.97. The van der Waals surface area contributed by atoms with Crippen LogP contribution in [-0.2, 0) is 0 Å². The van der Waals surface area contributed by atoms with Crippen molar-refractivity contribution in [3.63, 3.8) is 0 Å². The van der Waals surface area contributed by atoms with Gasteiger partial charge in [0.2, 0.25) is 0 Å². The minimum absolute atomic E-state index is 0.800. The van der Waals surface area contributed by atoms with Crippen molar-refractivity contribution in [2.45, 2.75) is 26.2 Å². The molecule has 1 heterocycles. The van der Waals surface area contributed by atoms with Crippen LogP contribution in [0.2, 0.25) is 0 Å². The summed E-state index contributed by atoms with van der Waals surface area (Å²) in [6.45, 7) is 2.35. The number of allylic oxidation sites excluding steroid dienone is 4. The first kappa shape index (κ1) is 10.7. The number of nitrogens with zero attached hydrogens (tertiary/aromatic N) is 1. The van der Waals surface area contributed by atoms with Crippen molar-refractivity contribution < 1.29 is 4.58 Å². The van der Waals surface area contributed by atoms with Gasteiger partial charge in [-0.15, -0.1) is 0 Å². The molecule has 0 radical (unpaired) electrons. The van der Waals surface area contributed by atoms with Crippen LogP contribution in [0.5, 0.6) is 0 Å². The third-order valence-electron chi connectivity index (χ3n) is 2.53. The van der Waals surface area contributed by atoms with Gasteiger partial charge in [0.25, 0.3) is 0 Å². The zero-order valence-electron chi connectivity index (χ0n) is 8.96. The predicted octanol–water partition coefficient (Wildman–Crippen LogP) is 1.38. The molecule has 0 saturated carbocycles. The van der Waals surface area contributed by atoms with Gasteiger partial charge in [0.05, 0.1) is 0 Å². The van der Waals surface area contributed by atoms with Gasteiger partial charge in [-0.2, -0.15) is 0 Å². The van der Waals surface area contributed by atoms with Crippen LogP contribution in [0.4, 0.5) is 0 Å². The second-order valence-electron chi connectivity index (χ2n) is 4.00. The molecule has 14 heavy (non-hydrogen) atoms. The van der Waals surface area contributed by atoms with Crippen molar-refractivity contribution in [2.75, 3.05) is 14.1 Å². The van der Waals surface area contributed by atoms with Crippen LogP contribution in [0.25, 0.3) is 0 Å². The SMILES string of the molecule is CC1=C2CCCC(C=[N+](C)C)=C2[Se][Se]1. The molecule has 0 atom stereocenters. The molecule has 0 amide bonds. The second kappa shape index (κ2) is 4.36. The van der Waals surface area contributed by atoms with E-state index in [0.717, 1.165) is 26.3 Å². The Morgan fingerprint density at radius 1 is 1.21 bits per heavy atom. The first-order valence-corrected chi connectivity index (χ1v) is 11.0. The molecule has 0 aromatic heterocycles. The quantitative estimate of drug-likeness (QED) is 0.390. The molecule has 2 rings (SSSR count). The maximum absolute atomic E-state index is 2.35. The average molecular weight is 320 g/mol. The molecule has 0 aromatic carbocycles. The van der Waals surface area contributed by atoms with Gasteiger partial charge < -0.3 is 0 Å². The summed E-state index contributed by atoms with van der Waals surface area (Å²) in [5, 5.41) is 0. The van der Waals surface area contributed by atoms with Crippen molar-refractivity contribution in [1.29, 1.82) is 0 Å². The monoisotopic (exact) mass is 322 g/mol. The zero-order chi connectivity index (χ0) is 10.1. The van der Waals surface area contributed by atoms with Gasteiger partial charge in [-0.1, -0.05) is 0 Å². The molecule has 1 nitrogen and oxygen atoms in total. The summed E-state index contributed by atoms with van der Waals surface area (Å²) >= 11 is 1.63. The summed E-state index contributed by atoms with van der Waals surface area (Å²) in [6.07, 6.45) is 6.37. The van der Waals surface area contributed by atoms with E-state index in [9.17, 15) is 0 Å². The van der Waals surface area contributed by atoms with E-state index in [0.29, 0.717) is 0 Å². The fourth-order valence-electron chi connectivity index (χ4n) is 1.91. The van der Waals surface area contributed by atoms with Gasteiger partial charge in [0, 0.05) is 0 Å². The molecule has 3 heteroatoms. The van der Waals surface area contributed by atoms with Gasteiger partial charge in [0.15, 0.2) is 0 Å². The molecule has 0 bridgehead atoms. The Balaban J connectivity index is 2.41. The van der Waals surface area contributed by atoms with Crippen LogP contribution < -0.4 is 0 Å². The van der Waals surface area contributed by atoms with Crippen molar-refractivity contribution in [3.05, 3.63) is 20.1 Å². The van der Waals surface area contributed by atoms with Crippen molar-refractivity contribution >= 4 is 32.5 Å². The molecule has 76 valence electrons. The van der Waals surface area contributed by atoms with Crippen molar-refractivity contribution in [3.8, 4) is 0 Å². The summed E-state index contributed by atoms with van der Waals surface area (Å²) in [6, 6.07) is 0. The molecule has 0 spiro atoms. The van der Waals surface area contributed by atoms with Crippen molar-refractivity contribution in [1.82, 2.24) is 0 Å². The Morgan fingerprint density at radius 2 is 2.00 bits per heavy atom. The first-order chi connectivity index (χ1) is 6.68. The van der Waals surface area contributed by atoms with Gasteiger partial charge >= 0.3 is 97.4 Å². The van der Waals surface area contributed by atoms with Crippen LogP contribution >= 0.6 is 0 Å². The summed E-state index contributed by atoms with van der Waals surface area (Å²) in [5.74, 6) is 0. The van der Waals surface area contributed by atoms with Crippen LogP contribution in [-0.4, -0.2) is 51.1 Å². The van der Waals surface area contributed by atoms with Gasteiger partial charge in [-0.25, -0.2) is 0 Å². The predicted molar refractivity (Wildman–Crippen MR) is 63.3 cm³/mol. The Kier molecular flexibility index (Phi) is 3.34. The molecule has 0 fully saturated rings. The molecule has 0 aromatic rings. The minimum atomic E-state index is 0.800. The van der Waals surface area contributed by atoms with E-state index in [4.69, 9.17) is 0 Å². The zero-order valence-corrected chi connectivity index (χ0v) is 12.4. The summed E-state index contributed by atoms with van der Waals surface area (Å²) in [7, 11) is 4.26. The van der Waals surface area contributed by atoms with E-state index >= 15 is 0 Å². The standard InChI is InChI=1S/C11H16NSe2/c1-8-10-6-4-5-9(7-12(2)3)11(10)14-13-8/h7H,4-6H2,1-3H3/q+1. The molecular formula is C11H16NSe2+. The molecular weight excluding hydrogens is 304 g/mol. The number of fused-ring (bicyclic) bond motifs is 1. The fraction of sp³-hybridized carbons (Fsp3) is 0.545. The van der Waals surface area contributed by atoms with Crippen LogP contribution in [0, 0.1) is 0 Å². The molecule has 2 aliphatic rings. The fourth-order valence-corrected chi connectivity index (χ4v) is 10.2. The normalized spacial score (nSPS) is 21.4. The van der Waals surface area contributed by atoms with E-state index in [1.807, 2.05) is 0 Å². The average Bonchev–Trinajstić information content (AvgIpc) is 2.49. The number of hydrogen-bond donors (Lipinski definition) is 0. The van der Waals surface area contributed by atoms with E-state index in [1.54, 1.807) is 20.1 Å². The van der Waals surface area contributed by atoms with Gasteiger partial charge in [-0.05, 0) is 0 Å². The Labute approximate surface area is 97.2 Å². The van der Waals surface area contributed by atoms with Crippen LogP contribution in [0.3, 0.4) is 0 Å². The van der Waals surface area contributed by atoms with E-state index in [2.05, 4.69) is 31.8 Å². The number of rotatable bonds is 1. The third kappa shape index (κ3) is 2.06.